The van der Waals surface area contributed by atoms with Gasteiger partial charge in [-0.1, -0.05) is 50.6 Å². The molecule has 1 aliphatic rings. The number of esters is 1. The molecule has 3 heteroatoms. The molecule has 1 heterocycles. The number of carbonyl (C=O) groups excluding carboxylic acids is 1. The van der Waals surface area contributed by atoms with Gasteiger partial charge in [0.15, 0.2) is 0 Å². The number of likely N-dealkylation sites (tertiary alicyclic amines) is 1. The number of carbonyl (C=O) groups is 1. The van der Waals surface area contributed by atoms with Crippen LogP contribution in [0.5, 0.6) is 0 Å². The summed E-state index contributed by atoms with van der Waals surface area (Å²) in [5.41, 5.74) is 1.07. The first-order chi connectivity index (χ1) is 10.2. The highest BCUT2D eigenvalue weighted by Gasteiger charge is 2.27. The maximum Gasteiger partial charge on any atom is 0.313 e. The molecule has 0 radical (unpaired) electrons. The second-order valence-electron chi connectivity index (χ2n) is 5.99. The smallest absolute Gasteiger partial charge is 0.313 e. The normalized spacial score (nSPS) is 18.4. The fraction of sp³-hybridized carbons (Fsp3) is 0.611. The van der Waals surface area contributed by atoms with Crippen LogP contribution in [0, 0.1) is 5.92 Å². The van der Waals surface area contributed by atoms with Gasteiger partial charge in [0.1, 0.15) is 6.61 Å². The molecule has 0 aliphatic carbocycles. The van der Waals surface area contributed by atoms with Gasteiger partial charge in [0.2, 0.25) is 0 Å². The Morgan fingerprint density at radius 1 is 1.24 bits per heavy atom. The maximum atomic E-state index is 12.5. The lowest BCUT2D eigenvalue weighted by Gasteiger charge is -2.22. The van der Waals surface area contributed by atoms with Crippen molar-refractivity contribution in [1.29, 1.82) is 0 Å². The minimum absolute atomic E-state index is 0.0743. The summed E-state index contributed by atoms with van der Waals surface area (Å²) in [5.74, 6) is 0.0798. The zero-order valence-corrected chi connectivity index (χ0v) is 13.3. The molecular formula is C18H27NO2. The van der Waals surface area contributed by atoms with Gasteiger partial charge in [-0.15, -0.1) is 0 Å². The minimum Gasteiger partial charge on any atom is -0.464 e. The van der Waals surface area contributed by atoms with Crippen molar-refractivity contribution in [3.05, 3.63) is 35.9 Å². The molecule has 1 aromatic carbocycles. The molecule has 0 aromatic heterocycles. The van der Waals surface area contributed by atoms with E-state index >= 15 is 0 Å². The van der Waals surface area contributed by atoms with Crippen molar-refractivity contribution in [1.82, 2.24) is 4.90 Å². The molecular weight excluding hydrogens is 262 g/mol. The van der Waals surface area contributed by atoms with Crippen molar-refractivity contribution in [3.8, 4) is 0 Å². The zero-order chi connectivity index (χ0) is 15.1. The van der Waals surface area contributed by atoms with Crippen molar-refractivity contribution in [2.45, 2.75) is 39.0 Å². The predicted molar refractivity (Wildman–Crippen MR) is 85.3 cm³/mol. The molecule has 0 saturated carbocycles. The van der Waals surface area contributed by atoms with Crippen LogP contribution in [-0.4, -0.2) is 37.1 Å². The molecule has 2 atom stereocenters. The van der Waals surface area contributed by atoms with Crippen LogP contribution in [0.1, 0.15) is 44.6 Å². The molecule has 2 unspecified atom stereocenters. The Hall–Kier alpha value is -1.35. The van der Waals surface area contributed by atoms with Gasteiger partial charge in [-0.25, -0.2) is 0 Å². The van der Waals surface area contributed by atoms with Crippen molar-refractivity contribution in [2.75, 3.05) is 26.2 Å². The van der Waals surface area contributed by atoms with Crippen LogP contribution in [0.2, 0.25) is 0 Å². The molecule has 2 rings (SSSR count). The first-order valence-electron chi connectivity index (χ1n) is 8.16. The van der Waals surface area contributed by atoms with E-state index in [9.17, 15) is 4.79 Å². The van der Waals surface area contributed by atoms with Crippen LogP contribution in [0.15, 0.2) is 30.3 Å². The molecule has 1 fully saturated rings. The van der Waals surface area contributed by atoms with Crippen molar-refractivity contribution >= 4 is 5.97 Å². The summed E-state index contributed by atoms with van der Waals surface area (Å²) in [6.07, 6.45) is 3.52. The molecule has 0 bridgehead atoms. The average Bonchev–Trinajstić information content (AvgIpc) is 3.01. The van der Waals surface area contributed by atoms with Crippen molar-refractivity contribution < 1.29 is 9.53 Å². The maximum absolute atomic E-state index is 12.5. The van der Waals surface area contributed by atoms with E-state index < -0.39 is 0 Å². The fourth-order valence-electron chi connectivity index (χ4n) is 2.96. The van der Waals surface area contributed by atoms with Gasteiger partial charge in [-0.3, -0.25) is 9.69 Å². The Bertz CT molecular complexity index is 426. The lowest BCUT2D eigenvalue weighted by Crippen LogP contribution is -2.28. The quantitative estimate of drug-likeness (QED) is 0.720. The summed E-state index contributed by atoms with van der Waals surface area (Å²) in [4.78, 5) is 14.8. The Morgan fingerprint density at radius 3 is 2.52 bits per heavy atom. The van der Waals surface area contributed by atoms with Crippen LogP contribution in [0.25, 0.3) is 0 Å². The van der Waals surface area contributed by atoms with Gasteiger partial charge in [-0.05, 0) is 37.4 Å². The largest absolute Gasteiger partial charge is 0.464 e. The lowest BCUT2D eigenvalue weighted by atomic mass is 9.86. The molecule has 116 valence electrons. The summed E-state index contributed by atoms with van der Waals surface area (Å²) < 4.78 is 5.56. The minimum atomic E-state index is -0.144. The van der Waals surface area contributed by atoms with Gasteiger partial charge in [-0.2, -0.15) is 0 Å². The summed E-state index contributed by atoms with van der Waals surface area (Å²) in [5, 5.41) is 0. The van der Waals surface area contributed by atoms with Crippen LogP contribution >= 0.6 is 0 Å². The van der Waals surface area contributed by atoms with Gasteiger partial charge in [0.25, 0.3) is 0 Å². The number of ether oxygens (including phenoxy) is 1. The van der Waals surface area contributed by atoms with Crippen LogP contribution < -0.4 is 0 Å². The predicted octanol–water partition coefficient (Wildman–Crippen LogP) is 3.46. The van der Waals surface area contributed by atoms with E-state index in [1.807, 2.05) is 30.3 Å². The van der Waals surface area contributed by atoms with E-state index in [0.717, 1.165) is 31.6 Å². The van der Waals surface area contributed by atoms with E-state index in [1.54, 1.807) is 0 Å². The monoisotopic (exact) mass is 289 g/mol. The van der Waals surface area contributed by atoms with Crippen LogP contribution in [-0.2, 0) is 9.53 Å². The first-order valence-corrected chi connectivity index (χ1v) is 8.16. The molecule has 0 N–H and O–H groups in total. The summed E-state index contributed by atoms with van der Waals surface area (Å²) in [7, 11) is 0. The molecule has 1 aliphatic heterocycles. The van der Waals surface area contributed by atoms with Crippen molar-refractivity contribution in [3.63, 3.8) is 0 Å². The van der Waals surface area contributed by atoms with Gasteiger partial charge < -0.3 is 4.74 Å². The zero-order valence-electron chi connectivity index (χ0n) is 13.3. The van der Waals surface area contributed by atoms with E-state index in [0.29, 0.717) is 12.5 Å². The summed E-state index contributed by atoms with van der Waals surface area (Å²) >= 11 is 0. The standard InChI is InChI=1S/C18H27NO2/c1-3-15(2)17(16-9-5-4-6-10-16)18(20)21-14-13-19-11-7-8-12-19/h4-6,9-10,15,17H,3,7-8,11-14H2,1-2H3. The Kier molecular flexibility index (Phi) is 6.24. The SMILES string of the molecule is CCC(C)C(C(=O)OCCN1CCCC1)c1ccccc1. The van der Waals surface area contributed by atoms with E-state index in [2.05, 4.69) is 18.7 Å². The topological polar surface area (TPSA) is 29.5 Å². The number of hydrogen-bond acceptors (Lipinski definition) is 3. The second kappa shape index (κ2) is 8.18. The van der Waals surface area contributed by atoms with Crippen molar-refractivity contribution in [2.24, 2.45) is 5.92 Å². The van der Waals surface area contributed by atoms with Gasteiger partial charge >= 0.3 is 5.97 Å². The number of benzene rings is 1. The number of hydrogen-bond donors (Lipinski definition) is 0. The highest BCUT2D eigenvalue weighted by Crippen LogP contribution is 2.28. The van der Waals surface area contributed by atoms with E-state index in [-0.39, 0.29) is 11.9 Å². The highest BCUT2D eigenvalue weighted by atomic mass is 16.5. The highest BCUT2D eigenvalue weighted by molar-refractivity contribution is 5.78. The molecule has 0 spiro atoms. The van der Waals surface area contributed by atoms with Gasteiger partial charge in [0.05, 0.1) is 5.92 Å². The Labute approximate surface area is 128 Å². The average molecular weight is 289 g/mol. The molecule has 21 heavy (non-hydrogen) atoms. The summed E-state index contributed by atoms with van der Waals surface area (Å²) in [6, 6.07) is 10.0. The number of nitrogens with zero attached hydrogens (tertiary/aromatic N) is 1. The van der Waals surface area contributed by atoms with Crippen LogP contribution in [0.3, 0.4) is 0 Å². The fourth-order valence-corrected chi connectivity index (χ4v) is 2.96. The van der Waals surface area contributed by atoms with E-state index in [1.165, 1.54) is 12.8 Å². The third-order valence-electron chi connectivity index (χ3n) is 4.48. The molecule has 3 nitrogen and oxygen atoms in total. The van der Waals surface area contributed by atoms with Gasteiger partial charge in [0, 0.05) is 6.54 Å². The first kappa shape index (κ1) is 16.0. The Morgan fingerprint density at radius 2 is 1.90 bits per heavy atom. The Balaban J connectivity index is 1.91. The lowest BCUT2D eigenvalue weighted by molar-refractivity contribution is -0.147. The number of rotatable bonds is 7. The third-order valence-corrected chi connectivity index (χ3v) is 4.48. The van der Waals surface area contributed by atoms with E-state index in [4.69, 9.17) is 4.74 Å². The molecule has 1 aromatic rings. The molecule has 1 saturated heterocycles. The third kappa shape index (κ3) is 4.57. The second-order valence-corrected chi connectivity index (χ2v) is 5.99. The summed E-state index contributed by atoms with van der Waals surface area (Å²) in [6.45, 7) is 7.92. The van der Waals surface area contributed by atoms with Crippen LogP contribution in [0.4, 0.5) is 0 Å². The molecule has 0 amide bonds.